The van der Waals surface area contributed by atoms with Crippen molar-refractivity contribution in [3.05, 3.63) is 48.5 Å². The number of amides is 4. The van der Waals surface area contributed by atoms with E-state index in [1.165, 1.54) is 7.11 Å². The van der Waals surface area contributed by atoms with E-state index in [4.69, 9.17) is 14.2 Å². The number of anilines is 1. The molecule has 0 saturated carbocycles. The fourth-order valence-electron chi connectivity index (χ4n) is 3.29. The van der Waals surface area contributed by atoms with Crippen LogP contribution in [0.15, 0.2) is 48.5 Å². The summed E-state index contributed by atoms with van der Waals surface area (Å²) in [6.45, 7) is 0.534. The van der Waals surface area contributed by atoms with Crippen molar-refractivity contribution in [2.45, 2.75) is 18.6 Å². The number of imide groups is 1. The number of carbonyl (C=O) groups is 3. The third-order valence-corrected chi connectivity index (χ3v) is 4.83. The van der Waals surface area contributed by atoms with Crippen LogP contribution in [-0.2, 0) is 9.59 Å². The van der Waals surface area contributed by atoms with E-state index < -0.39 is 18.0 Å². The molecule has 2 aliphatic rings. The highest BCUT2D eigenvalue weighted by Crippen LogP contribution is 2.30. The van der Waals surface area contributed by atoms with Crippen molar-refractivity contribution in [2.24, 2.45) is 0 Å². The predicted molar refractivity (Wildman–Crippen MR) is 107 cm³/mol. The van der Waals surface area contributed by atoms with Crippen LogP contribution in [0.4, 0.5) is 10.5 Å². The summed E-state index contributed by atoms with van der Waals surface area (Å²) in [4.78, 5) is 38.2. The molecule has 156 valence electrons. The van der Waals surface area contributed by atoms with E-state index in [2.05, 4.69) is 10.6 Å². The van der Waals surface area contributed by atoms with Gasteiger partial charge in [0.25, 0.3) is 5.91 Å². The summed E-state index contributed by atoms with van der Waals surface area (Å²) in [6.07, 6.45) is -0.505. The summed E-state index contributed by atoms with van der Waals surface area (Å²) in [5.74, 6) is 1.05. The number of hydrogen-bond donors (Lipinski definition) is 2. The van der Waals surface area contributed by atoms with Crippen LogP contribution < -0.4 is 29.7 Å². The van der Waals surface area contributed by atoms with E-state index in [0.29, 0.717) is 29.5 Å². The smallest absolute Gasteiger partial charge is 0.329 e. The van der Waals surface area contributed by atoms with Gasteiger partial charge in [0.1, 0.15) is 24.5 Å². The number of carbonyl (C=O) groups excluding carboxylic acids is 3. The fraction of sp³-hybridized carbons (Fsp3) is 0.286. The van der Waals surface area contributed by atoms with E-state index >= 15 is 0 Å². The van der Waals surface area contributed by atoms with Gasteiger partial charge in [-0.2, -0.15) is 0 Å². The molecule has 2 aromatic carbocycles. The van der Waals surface area contributed by atoms with E-state index in [0.717, 1.165) is 4.90 Å². The van der Waals surface area contributed by atoms with Crippen molar-refractivity contribution < 1.29 is 28.6 Å². The number of benzene rings is 2. The zero-order valence-electron chi connectivity index (χ0n) is 16.3. The molecule has 0 radical (unpaired) electrons. The summed E-state index contributed by atoms with van der Waals surface area (Å²) in [5, 5.41) is 5.28. The Labute approximate surface area is 172 Å². The molecule has 2 N–H and O–H groups in total. The van der Waals surface area contributed by atoms with Crippen molar-refractivity contribution in [3.8, 4) is 17.2 Å². The normalized spacial score (nSPS) is 20.0. The zero-order valence-corrected chi connectivity index (χ0v) is 16.3. The first-order chi connectivity index (χ1) is 14.5. The lowest BCUT2D eigenvalue weighted by atomic mass is 10.2. The lowest BCUT2D eigenvalue weighted by Crippen LogP contribution is -2.43. The van der Waals surface area contributed by atoms with E-state index in [1.54, 1.807) is 30.3 Å². The maximum Gasteiger partial charge on any atom is 0.329 e. The van der Waals surface area contributed by atoms with Gasteiger partial charge in [-0.05, 0) is 36.4 Å². The van der Waals surface area contributed by atoms with E-state index in [1.807, 2.05) is 18.2 Å². The third-order valence-electron chi connectivity index (χ3n) is 4.83. The molecule has 4 amide bonds. The number of hydrogen-bond acceptors (Lipinski definition) is 6. The summed E-state index contributed by atoms with van der Waals surface area (Å²) in [5.41, 5.74) is 0.410. The molecule has 0 aliphatic carbocycles. The second kappa shape index (κ2) is 8.32. The molecule has 1 saturated heterocycles. The fourth-order valence-corrected chi connectivity index (χ4v) is 3.29. The third kappa shape index (κ3) is 4.00. The lowest BCUT2D eigenvalue weighted by molar-refractivity contribution is -0.125. The predicted octanol–water partition coefficient (Wildman–Crippen LogP) is 1.47. The van der Waals surface area contributed by atoms with Gasteiger partial charge in [-0.25, -0.2) is 9.69 Å². The maximum atomic E-state index is 12.6. The maximum absolute atomic E-state index is 12.6. The molecular weight excluding hydrogens is 390 g/mol. The Bertz CT molecular complexity index is 961. The topological polar surface area (TPSA) is 106 Å². The number of para-hydroxylation sites is 2. The Morgan fingerprint density at radius 2 is 1.90 bits per heavy atom. The average Bonchev–Trinajstić information content (AvgIpc) is 3.05. The molecule has 0 spiro atoms. The van der Waals surface area contributed by atoms with Gasteiger partial charge in [0.05, 0.1) is 25.8 Å². The zero-order chi connectivity index (χ0) is 21.1. The molecule has 30 heavy (non-hydrogen) atoms. The average molecular weight is 411 g/mol. The summed E-state index contributed by atoms with van der Waals surface area (Å²) < 4.78 is 16.5. The molecule has 2 aromatic rings. The number of fused-ring (bicyclic) bond motifs is 1. The lowest BCUT2D eigenvalue weighted by Gasteiger charge is -2.26. The van der Waals surface area contributed by atoms with E-state index in [9.17, 15) is 14.4 Å². The molecule has 0 aromatic heterocycles. The Morgan fingerprint density at radius 3 is 2.63 bits per heavy atom. The van der Waals surface area contributed by atoms with Gasteiger partial charge in [0.15, 0.2) is 11.5 Å². The van der Waals surface area contributed by atoms with Gasteiger partial charge >= 0.3 is 6.03 Å². The van der Waals surface area contributed by atoms with Gasteiger partial charge < -0.3 is 24.8 Å². The Morgan fingerprint density at radius 1 is 1.17 bits per heavy atom. The number of nitrogens with zero attached hydrogens (tertiary/aromatic N) is 1. The molecule has 2 heterocycles. The number of nitrogens with one attached hydrogen (secondary N) is 2. The van der Waals surface area contributed by atoms with Crippen LogP contribution in [0.25, 0.3) is 0 Å². The summed E-state index contributed by atoms with van der Waals surface area (Å²) in [7, 11) is 1.53. The number of urea groups is 1. The molecule has 0 unspecified atom stereocenters. The Kier molecular flexibility index (Phi) is 5.42. The molecule has 9 heteroatoms. The van der Waals surface area contributed by atoms with Crippen molar-refractivity contribution in [1.82, 2.24) is 10.6 Å². The van der Waals surface area contributed by atoms with Crippen LogP contribution in [0.1, 0.15) is 6.42 Å². The minimum Gasteiger partial charge on any atom is -0.497 e. The minimum atomic E-state index is -0.927. The Hall–Kier alpha value is -3.75. The second-order valence-corrected chi connectivity index (χ2v) is 6.88. The first kappa shape index (κ1) is 19.6. The van der Waals surface area contributed by atoms with Gasteiger partial charge in [-0.1, -0.05) is 12.1 Å². The highest BCUT2D eigenvalue weighted by molar-refractivity contribution is 6.22. The second-order valence-electron chi connectivity index (χ2n) is 6.88. The van der Waals surface area contributed by atoms with Crippen molar-refractivity contribution in [1.29, 1.82) is 0 Å². The molecular formula is C21H21N3O6. The largest absolute Gasteiger partial charge is 0.497 e. The van der Waals surface area contributed by atoms with Crippen LogP contribution >= 0.6 is 0 Å². The van der Waals surface area contributed by atoms with Crippen molar-refractivity contribution >= 4 is 23.5 Å². The summed E-state index contributed by atoms with van der Waals surface area (Å²) >= 11 is 0. The highest BCUT2D eigenvalue weighted by Gasteiger charge is 2.40. The van der Waals surface area contributed by atoms with Crippen LogP contribution in [0.2, 0.25) is 0 Å². The molecule has 0 bridgehead atoms. The first-order valence-electron chi connectivity index (χ1n) is 9.49. The molecule has 1 fully saturated rings. The molecule has 4 rings (SSSR count). The molecule has 2 atom stereocenters. The molecule has 2 aliphatic heterocycles. The van der Waals surface area contributed by atoms with Gasteiger partial charge in [0, 0.05) is 0 Å². The highest BCUT2D eigenvalue weighted by atomic mass is 16.6. The van der Waals surface area contributed by atoms with Crippen LogP contribution in [0.5, 0.6) is 17.2 Å². The van der Waals surface area contributed by atoms with Gasteiger partial charge in [-0.3, -0.25) is 9.59 Å². The number of methoxy groups -OCH3 is 1. The van der Waals surface area contributed by atoms with Gasteiger partial charge in [-0.15, -0.1) is 0 Å². The van der Waals surface area contributed by atoms with Gasteiger partial charge in [0.2, 0.25) is 5.91 Å². The SMILES string of the molecule is COc1ccc(N2C(=O)N[C@@H](CC(=O)NC[C@@H]3COc4ccccc4O3)C2=O)cc1. The Balaban J connectivity index is 1.30. The minimum absolute atomic E-state index is 0.165. The van der Waals surface area contributed by atoms with E-state index in [-0.39, 0.29) is 25.0 Å². The monoisotopic (exact) mass is 411 g/mol. The van der Waals surface area contributed by atoms with Crippen LogP contribution in [0.3, 0.4) is 0 Å². The van der Waals surface area contributed by atoms with Crippen molar-refractivity contribution in [2.75, 3.05) is 25.2 Å². The number of rotatable bonds is 6. The first-order valence-corrected chi connectivity index (χ1v) is 9.49. The van der Waals surface area contributed by atoms with Crippen LogP contribution in [-0.4, -0.2) is 50.3 Å². The number of ether oxygens (including phenoxy) is 3. The quantitative estimate of drug-likeness (QED) is 0.698. The summed E-state index contributed by atoms with van der Waals surface area (Å²) in [6, 6.07) is 12.3. The van der Waals surface area contributed by atoms with Crippen molar-refractivity contribution in [3.63, 3.8) is 0 Å². The molecule has 9 nitrogen and oxygen atoms in total. The standard InChI is InChI=1S/C21H21N3O6/c1-28-14-8-6-13(7-9-14)24-20(26)16(23-21(24)27)10-19(25)22-11-15-12-29-17-4-2-3-5-18(17)30-15/h2-9,15-16H,10-12H2,1H3,(H,22,25)(H,23,27)/t15-,16+/m1/s1. The van der Waals surface area contributed by atoms with Crippen LogP contribution in [0, 0.1) is 0 Å².